The Kier molecular flexibility index (Phi) is 9.47. The number of anilines is 1. The Labute approximate surface area is 217 Å². The van der Waals surface area contributed by atoms with Gasteiger partial charge in [0.05, 0.1) is 11.8 Å². The molecule has 0 aliphatic carbocycles. The summed E-state index contributed by atoms with van der Waals surface area (Å²) in [5.74, 6) is 1.04. The number of allylic oxidation sites excluding steroid dienone is 1. The van der Waals surface area contributed by atoms with Gasteiger partial charge >= 0.3 is 0 Å². The zero-order valence-corrected chi connectivity index (χ0v) is 22.4. The Morgan fingerprint density at radius 3 is 2.28 bits per heavy atom. The van der Waals surface area contributed by atoms with Gasteiger partial charge in [-0.3, -0.25) is 9.59 Å². The van der Waals surface area contributed by atoms with E-state index in [9.17, 15) is 9.59 Å². The molecule has 1 heterocycles. The van der Waals surface area contributed by atoms with Gasteiger partial charge in [-0.1, -0.05) is 75.4 Å². The van der Waals surface area contributed by atoms with Crippen LogP contribution in [-0.2, 0) is 11.3 Å². The van der Waals surface area contributed by atoms with Gasteiger partial charge in [-0.2, -0.15) is 0 Å². The zero-order valence-electron chi connectivity index (χ0n) is 21.6. The van der Waals surface area contributed by atoms with Crippen molar-refractivity contribution in [1.82, 2.24) is 20.1 Å². The van der Waals surface area contributed by atoms with Gasteiger partial charge in [-0.25, -0.2) is 0 Å². The standard InChI is InChI=1S/C28H35N5O2S/c1-7-16-33-26(25(19(4)5)30-27(35)22-10-8-20(6)9-11-22)31-32-28(33)36-17-24(34)29-23-14-12-21(13-15-23)18(2)3/h7-15,18-19,25H,1,16-17H2,2-6H3,(H,29,34)(H,30,35)/t25-/m0/s1. The number of nitrogens with one attached hydrogen (secondary N) is 2. The second-order valence-corrected chi connectivity index (χ2v) is 10.4. The van der Waals surface area contributed by atoms with Gasteiger partial charge in [0.2, 0.25) is 5.91 Å². The molecule has 2 amide bonds. The van der Waals surface area contributed by atoms with Crippen molar-refractivity contribution in [1.29, 1.82) is 0 Å². The average Bonchev–Trinajstić information content (AvgIpc) is 3.24. The van der Waals surface area contributed by atoms with E-state index in [1.54, 1.807) is 6.08 Å². The molecule has 190 valence electrons. The van der Waals surface area contributed by atoms with E-state index in [1.165, 1.54) is 17.3 Å². The van der Waals surface area contributed by atoms with Gasteiger partial charge in [-0.15, -0.1) is 16.8 Å². The molecule has 0 unspecified atom stereocenters. The topological polar surface area (TPSA) is 88.9 Å². The van der Waals surface area contributed by atoms with E-state index in [0.29, 0.717) is 29.0 Å². The maximum Gasteiger partial charge on any atom is 0.251 e. The summed E-state index contributed by atoms with van der Waals surface area (Å²) in [4.78, 5) is 25.5. The lowest BCUT2D eigenvalue weighted by Crippen LogP contribution is -2.33. The fourth-order valence-electron chi connectivity index (χ4n) is 3.67. The van der Waals surface area contributed by atoms with E-state index in [2.05, 4.69) is 41.3 Å². The summed E-state index contributed by atoms with van der Waals surface area (Å²) in [6, 6.07) is 15.0. The molecular formula is C28H35N5O2S. The first-order chi connectivity index (χ1) is 17.2. The normalized spacial score (nSPS) is 12.0. The Morgan fingerprint density at radius 1 is 1.03 bits per heavy atom. The number of amides is 2. The number of hydrogen-bond donors (Lipinski definition) is 2. The molecule has 0 radical (unpaired) electrons. The maximum atomic E-state index is 12.9. The number of carbonyl (C=O) groups is 2. The van der Waals surface area contributed by atoms with Crippen LogP contribution in [0.25, 0.3) is 0 Å². The Bertz CT molecular complexity index is 1180. The summed E-state index contributed by atoms with van der Waals surface area (Å²) < 4.78 is 1.91. The molecule has 2 N–H and O–H groups in total. The van der Waals surface area contributed by atoms with Crippen molar-refractivity contribution in [2.75, 3.05) is 11.1 Å². The van der Waals surface area contributed by atoms with Crippen LogP contribution in [0, 0.1) is 12.8 Å². The predicted octanol–water partition coefficient (Wildman–Crippen LogP) is 5.75. The molecule has 36 heavy (non-hydrogen) atoms. The summed E-state index contributed by atoms with van der Waals surface area (Å²) in [7, 11) is 0. The maximum absolute atomic E-state index is 12.9. The molecule has 0 fully saturated rings. The highest BCUT2D eigenvalue weighted by Gasteiger charge is 2.26. The molecule has 3 rings (SSSR count). The molecule has 1 aromatic heterocycles. The molecule has 7 nitrogen and oxygen atoms in total. The first-order valence-corrected chi connectivity index (χ1v) is 13.1. The Balaban J connectivity index is 1.71. The fourth-order valence-corrected chi connectivity index (χ4v) is 4.43. The van der Waals surface area contributed by atoms with Crippen LogP contribution in [0.15, 0.2) is 66.3 Å². The largest absolute Gasteiger partial charge is 0.342 e. The van der Waals surface area contributed by atoms with E-state index >= 15 is 0 Å². The van der Waals surface area contributed by atoms with Gasteiger partial charge in [0.25, 0.3) is 5.91 Å². The lowest BCUT2D eigenvalue weighted by Gasteiger charge is -2.22. The smallest absolute Gasteiger partial charge is 0.251 e. The number of nitrogens with zero attached hydrogens (tertiary/aromatic N) is 3. The van der Waals surface area contributed by atoms with Gasteiger partial charge in [0, 0.05) is 17.8 Å². The van der Waals surface area contributed by atoms with Crippen LogP contribution in [0.1, 0.15) is 67.0 Å². The number of aromatic nitrogens is 3. The van der Waals surface area contributed by atoms with Gasteiger partial charge in [-0.05, 0) is 48.6 Å². The highest BCUT2D eigenvalue weighted by atomic mass is 32.2. The van der Waals surface area contributed by atoms with Crippen LogP contribution in [-0.4, -0.2) is 32.3 Å². The summed E-state index contributed by atoms with van der Waals surface area (Å²) in [5.41, 5.74) is 3.67. The number of rotatable bonds is 11. The van der Waals surface area contributed by atoms with Crippen LogP contribution >= 0.6 is 11.8 Å². The van der Waals surface area contributed by atoms with Crippen molar-refractivity contribution >= 4 is 29.3 Å². The van der Waals surface area contributed by atoms with Crippen molar-refractivity contribution < 1.29 is 9.59 Å². The number of aryl methyl sites for hydroxylation is 1. The second-order valence-electron chi connectivity index (χ2n) is 9.41. The molecule has 8 heteroatoms. The van der Waals surface area contributed by atoms with Crippen LogP contribution < -0.4 is 10.6 Å². The van der Waals surface area contributed by atoms with Gasteiger partial charge in [0.15, 0.2) is 11.0 Å². The molecule has 0 saturated carbocycles. The molecule has 1 atom stereocenters. The molecule has 0 bridgehead atoms. The SMILES string of the molecule is C=CCn1c(SCC(=O)Nc2ccc(C(C)C)cc2)nnc1[C@@H](NC(=O)c1ccc(C)cc1)C(C)C. The van der Waals surface area contributed by atoms with Crippen LogP contribution in [0.2, 0.25) is 0 Å². The zero-order chi connectivity index (χ0) is 26.2. The minimum absolute atomic E-state index is 0.0714. The van der Waals surface area contributed by atoms with E-state index in [4.69, 9.17) is 0 Å². The Hall–Kier alpha value is -3.39. The van der Waals surface area contributed by atoms with Crippen LogP contribution in [0.4, 0.5) is 5.69 Å². The molecule has 2 aromatic carbocycles. The third kappa shape index (κ3) is 7.07. The predicted molar refractivity (Wildman–Crippen MR) is 146 cm³/mol. The van der Waals surface area contributed by atoms with Crippen molar-refractivity contribution in [3.8, 4) is 0 Å². The molecular weight excluding hydrogens is 470 g/mol. The third-order valence-corrected chi connectivity index (χ3v) is 6.76. The van der Waals surface area contributed by atoms with E-state index in [1.807, 2.05) is 73.9 Å². The second kappa shape index (κ2) is 12.5. The van der Waals surface area contributed by atoms with Crippen molar-refractivity contribution in [2.24, 2.45) is 5.92 Å². The quantitative estimate of drug-likeness (QED) is 0.256. The third-order valence-electron chi connectivity index (χ3n) is 5.80. The number of thioether (sulfide) groups is 1. The lowest BCUT2D eigenvalue weighted by atomic mass is 10.0. The first-order valence-electron chi connectivity index (χ1n) is 12.1. The highest BCUT2D eigenvalue weighted by Crippen LogP contribution is 2.26. The summed E-state index contributed by atoms with van der Waals surface area (Å²) in [6.07, 6.45) is 1.76. The van der Waals surface area contributed by atoms with Crippen LogP contribution in [0.3, 0.4) is 0 Å². The monoisotopic (exact) mass is 505 g/mol. The van der Waals surface area contributed by atoms with Gasteiger partial charge < -0.3 is 15.2 Å². The lowest BCUT2D eigenvalue weighted by molar-refractivity contribution is -0.113. The van der Waals surface area contributed by atoms with Crippen molar-refractivity contribution in [3.05, 3.63) is 83.7 Å². The molecule has 0 spiro atoms. The minimum Gasteiger partial charge on any atom is -0.342 e. The average molecular weight is 506 g/mol. The summed E-state index contributed by atoms with van der Waals surface area (Å²) >= 11 is 1.31. The van der Waals surface area contributed by atoms with Gasteiger partial charge in [0.1, 0.15) is 0 Å². The van der Waals surface area contributed by atoms with E-state index < -0.39 is 0 Å². The fraction of sp³-hybridized carbons (Fsp3) is 0.357. The number of carbonyl (C=O) groups excluding carboxylic acids is 2. The van der Waals surface area contributed by atoms with E-state index in [0.717, 1.165) is 11.3 Å². The molecule has 0 saturated heterocycles. The molecule has 0 aliphatic heterocycles. The van der Waals surface area contributed by atoms with Crippen molar-refractivity contribution in [3.63, 3.8) is 0 Å². The minimum atomic E-state index is -0.353. The van der Waals surface area contributed by atoms with E-state index in [-0.39, 0.29) is 29.5 Å². The highest BCUT2D eigenvalue weighted by molar-refractivity contribution is 7.99. The van der Waals surface area contributed by atoms with Crippen LogP contribution in [0.5, 0.6) is 0 Å². The van der Waals surface area contributed by atoms with Crippen molar-refractivity contribution in [2.45, 2.75) is 58.3 Å². The Morgan fingerprint density at radius 2 is 1.69 bits per heavy atom. The molecule has 3 aromatic rings. The number of hydrogen-bond acceptors (Lipinski definition) is 5. The summed E-state index contributed by atoms with van der Waals surface area (Å²) in [6.45, 7) is 14.6. The molecule has 0 aliphatic rings. The first kappa shape index (κ1) is 27.2. The number of benzene rings is 2. The summed E-state index contributed by atoms with van der Waals surface area (Å²) in [5, 5.41) is 15.4.